The van der Waals surface area contributed by atoms with Gasteiger partial charge in [-0.05, 0) is 37.5 Å². The number of β-amino-alcohol motifs (C(OH)–C–C–N with tert-alkyl or cyclic N) is 1. The molecule has 2 aromatic heterocycles. The first-order chi connectivity index (χ1) is 17.0. The summed E-state index contributed by atoms with van der Waals surface area (Å²) >= 11 is 6.73. The molecule has 0 bridgehead atoms. The number of carbonyl (C=O) groups is 1. The van der Waals surface area contributed by atoms with Crippen LogP contribution in [0.3, 0.4) is 0 Å². The summed E-state index contributed by atoms with van der Waals surface area (Å²) in [6.07, 6.45) is 5.27. The lowest BCUT2D eigenvalue weighted by molar-refractivity contribution is -0.123. The number of carbonyl (C=O) groups excluding carboxylic acids is 1. The van der Waals surface area contributed by atoms with Gasteiger partial charge in [-0.15, -0.1) is 0 Å². The van der Waals surface area contributed by atoms with Crippen molar-refractivity contribution in [2.45, 2.75) is 25.9 Å². The monoisotopic (exact) mass is 515 g/mol. The Kier molecular flexibility index (Phi) is 7.21. The standard InChI is InChI=1S/C24H29N5O4S2/c1-16-4-2-6-28-20(16)25-21(27-9-7-26(8-10-27)11-12-30)18(22(28)31)14-19-23(32)29(24(34)35-19)15-17-5-3-13-33-17/h2,4,6,14,17,30H,3,5,7-13,15H2,1H3/b19-14-/t17-/m0/s1. The second kappa shape index (κ2) is 10.4. The van der Waals surface area contributed by atoms with Crippen molar-refractivity contribution in [3.8, 4) is 0 Å². The normalized spacial score (nSPS) is 22.8. The Morgan fingerprint density at radius 2 is 2.09 bits per heavy atom. The molecule has 0 aliphatic carbocycles. The van der Waals surface area contributed by atoms with Crippen molar-refractivity contribution in [3.05, 3.63) is 44.7 Å². The van der Waals surface area contributed by atoms with Crippen molar-refractivity contribution >= 4 is 51.7 Å². The molecule has 186 valence electrons. The molecule has 11 heteroatoms. The van der Waals surface area contributed by atoms with E-state index in [0.717, 1.165) is 31.5 Å². The van der Waals surface area contributed by atoms with Crippen molar-refractivity contribution in [2.24, 2.45) is 0 Å². The Hall–Kier alpha value is -2.31. The van der Waals surface area contributed by atoms with Crippen LogP contribution in [0.15, 0.2) is 28.0 Å². The number of pyridine rings is 1. The maximum Gasteiger partial charge on any atom is 0.267 e. The van der Waals surface area contributed by atoms with Crippen LogP contribution >= 0.6 is 24.0 Å². The predicted molar refractivity (Wildman–Crippen MR) is 141 cm³/mol. The second-order valence-electron chi connectivity index (χ2n) is 9.02. The highest BCUT2D eigenvalue weighted by atomic mass is 32.2. The van der Waals surface area contributed by atoms with E-state index in [1.54, 1.807) is 21.6 Å². The molecule has 9 nitrogen and oxygen atoms in total. The van der Waals surface area contributed by atoms with Crippen LogP contribution in [-0.2, 0) is 9.53 Å². The van der Waals surface area contributed by atoms with Gasteiger partial charge in [-0.1, -0.05) is 30.0 Å². The Morgan fingerprint density at radius 3 is 2.80 bits per heavy atom. The number of hydrogen-bond donors (Lipinski definition) is 1. The van der Waals surface area contributed by atoms with Crippen LogP contribution in [0, 0.1) is 6.92 Å². The van der Waals surface area contributed by atoms with Gasteiger partial charge in [-0.25, -0.2) is 4.98 Å². The van der Waals surface area contributed by atoms with Gasteiger partial charge in [-0.2, -0.15) is 0 Å². The molecule has 2 aromatic rings. The van der Waals surface area contributed by atoms with E-state index < -0.39 is 0 Å². The molecule has 3 aliphatic rings. The van der Waals surface area contributed by atoms with Crippen molar-refractivity contribution in [3.63, 3.8) is 0 Å². The van der Waals surface area contributed by atoms with Crippen molar-refractivity contribution < 1.29 is 14.6 Å². The number of aryl methyl sites for hydroxylation is 1. The van der Waals surface area contributed by atoms with Crippen LogP contribution in [-0.4, -0.2) is 93.1 Å². The van der Waals surface area contributed by atoms with E-state index in [2.05, 4.69) is 9.80 Å². The first-order valence-electron chi connectivity index (χ1n) is 11.9. The smallest absolute Gasteiger partial charge is 0.267 e. The minimum Gasteiger partial charge on any atom is -0.395 e. The van der Waals surface area contributed by atoms with Crippen molar-refractivity contribution in [1.29, 1.82) is 0 Å². The molecule has 0 radical (unpaired) electrons. The molecule has 3 fully saturated rings. The van der Waals surface area contributed by atoms with Gasteiger partial charge >= 0.3 is 0 Å². The molecule has 1 atom stereocenters. The molecule has 1 N–H and O–H groups in total. The minimum absolute atomic E-state index is 0.00133. The molecule has 0 aromatic carbocycles. The fraction of sp³-hybridized carbons (Fsp3) is 0.500. The number of amides is 1. The number of rotatable bonds is 6. The minimum atomic E-state index is -0.212. The number of fused-ring (bicyclic) bond motifs is 1. The number of aliphatic hydroxyl groups is 1. The van der Waals surface area contributed by atoms with Gasteiger partial charge in [0.2, 0.25) is 0 Å². The van der Waals surface area contributed by atoms with Gasteiger partial charge < -0.3 is 14.7 Å². The topological polar surface area (TPSA) is 90.6 Å². The van der Waals surface area contributed by atoms with E-state index in [4.69, 9.17) is 21.9 Å². The quantitative estimate of drug-likeness (QED) is 0.454. The Morgan fingerprint density at radius 1 is 1.29 bits per heavy atom. The van der Waals surface area contributed by atoms with Crippen molar-refractivity contribution in [1.82, 2.24) is 19.2 Å². The molecule has 1 amide bonds. The van der Waals surface area contributed by atoms with Gasteiger partial charge in [0, 0.05) is 45.5 Å². The Balaban J connectivity index is 1.52. The zero-order valence-electron chi connectivity index (χ0n) is 19.7. The van der Waals surface area contributed by atoms with Crippen LogP contribution in [0.4, 0.5) is 5.82 Å². The molecule has 0 spiro atoms. The molecule has 5 rings (SSSR count). The van der Waals surface area contributed by atoms with Gasteiger partial charge in [0.1, 0.15) is 15.8 Å². The fourth-order valence-corrected chi connectivity index (χ4v) is 6.03. The van der Waals surface area contributed by atoms with Crippen LogP contribution in [0.1, 0.15) is 24.0 Å². The Bertz CT molecular complexity index is 1230. The average Bonchev–Trinajstić information content (AvgIpc) is 3.46. The van der Waals surface area contributed by atoms with Gasteiger partial charge in [0.05, 0.1) is 29.7 Å². The number of thiocarbonyl (C=S) groups is 1. The Labute approximate surface area is 213 Å². The van der Waals surface area contributed by atoms with Gasteiger partial charge in [-0.3, -0.25) is 23.8 Å². The number of piperazine rings is 1. The number of hydrogen-bond acceptors (Lipinski definition) is 9. The lowest BCUT2D eigenvalue weighted by Gasteiger charge is -2.35. The average molecular weight is 516 g/mol. The van der Waals surface area contributed by atoms with Gasteiger partial charge in [0.15, 0.2) is 0 Å². The molecular weight excluding hydrogens is 486 g/mol. The largest absolute Gasteiger partial charge is 0.395 e. The highest BCUT2D eigenvalue weighted by Gasteiger charge is 2.35. The molecular formula is C24H29N5O4S2. The summed E-state index contributed by atoms with van der Waals surface area (Å²) in [5.41, 5.74) is 1.68. The number of aromatic nitrogens is 2. The van der Waals surface area contributed by atoms with Gasteiger partial charge in [0.25, 0.3) is 11.5 Å². The second-order valence-corrected chi connectivity index (χ2v) is 10.7. The third-order valence-electron chi connectivity index (χ3n) is 6.71. The summed E-state index contributed by atoms with van der Waals surface area (Å²) in [6, 6.07) is 3.75. The third-order valence-corrected chi connectivity index (χ3v) is 8.09. The summed E-state index contributed by atoms with van der Waals surface area (Å²) in [6.45, 7) is 6.70. The molecule has 3 saturated heterocycles. The number of nitrogens with zero attached hydrogens (tertiary/aromatic N) is 5. The van der Waals surface area contributed by atoms with E-state index in [-0.39, 0.29) is 24.2 Å². The van der Waals surface area contributed by atoms with Crippen LogP contribution < -0.4 is 10.5 Å². The number of thioether (sulfide) groups is 1. The molecule has 35 heavy (non-hydrogen) atoms. The number of ether oxygens (including phenoxy) is 1. The third kappa shape index (κ3) is 4.88. The number of anilines is 1. The van der Waals surface area contributed by atoms with E-state index in [1.165, 1.54) is 11.8 Å². The predicted octanol–water partition coefficient (Wildman–Crippen LogP) is 1.50. The van der Waals surface area contributed by atoms with E-state index in [0.29, 0.717) is 59.0 Å². The maximum absolute atomic E-state index is 13.7. The highest BCUT2D eigenvalue weighted by molar-refractivity contribution is 8.26. The summed E-state index contributed by atoms with van der Waals surface area (Å²) in [5, 5.41) is 9.27. The lowest BCUT2D eigenvalue weighted by atomic mass is 10.2. The highest BCUT2D eigenvalue weighted by Crippen LogP contribution is 2.34. The maximum atomic E-state index is 13.7. The summed E-state index contributed by atoms with van der Waals surface area (Å²) in [7, 11) is 0. The summed E-state index contributed by atoms with van der Waals surface area (Å²) in [5.74, 6) is 0.389. The first kappa shape index (κ1) is 24.4. The van der Waals surface area contributed by atoms with Crippen LogP contribution in [0.5, 0.6) is 0 Å². The summed E-state index contributed by atoms with van der Waals surface area (Å²) < 4.78 is 7.72. The van der Waals surface area contributed by atoms with E-state index in [9.17, 15) is 14.7 Å². The fourth-order valence-electron chi connectivity index (χ4n) is 4.77. The zero-order valence-corrected chi connectivity index (χ0v) is 21.3. The lowest BCUT2D eigenvalue weighted by Crippen LogP contribution is -2.48. The van der Waals surface area contributed by atoms with Crippen molar-refractivity contribution in [2.75, 3.05) is 57.4 Å². The molecule has 5 heterocycles. The molecule has 0 unspecified atom stereocenters. The molecule has 0 saturated carbocycles. The SMILES string of the molecule is Cc1cccn2c(=O)c(/C=C3\SC(=S)N(C[C@@H]4CCCO4)C3=O)c(N3CCN(CCO)CC3)nc12. The number of aliphatic hydroxyl groups excluding tert-OH is 1. The van der Waals surface area contributed by atoms with E-state index >= 15 is 0 Å². The first-order valence-corrected chi connectivity index (χ1v) is 13.2. The molecule has 3 aliphatic heterocycles. The van der Waals surface area contributed by atoms with E-state index in [1.807, 2.05) is 19.1 Å². The zero-order chi connectivity index (χ0) is 24.5. The van der Waals surface area contributed by atoms with Crippen LogP contribution in [0.2, 0.25) is 0 Å². The van der Waals surface area contributed by atoms with Crippen LogP contribution in [0.25, 0.3) is 11.7 Å². The summed E-state index contributed by atoms with van der Waals surface area (Å²) in [4.78, 5) is 38.1.